The molecule has 0 aromatic carbocycles. The summed E-state index contributed by atoms with van der Waals surface area (Å²) in [7, 11) is 0. The van der Waals surface area contributed by atoms with Gasteiger partial charge in [-0.15, -0.1) is 0 Å². The van der Waals surface area contributed by atoms with Crippen LogP contribution in [0.4, 0.5) is 5.82 Å². The van der Waals surface area contributed by atoms with Gasteiger partial charge in [0.15, 0.2) is 10.9 Å². The molecule has 1 fully saturated rings. The van der Waals surface area contributed by atoms with Crippen LogP contribution in [0, 0.1) is 0 Å². The SMILES string of the molecule is CC(C)(C)c1cc(NC(=S)NC2CCCC2)no1. The smallest absolute Gasteiger partial charge is 0.175 e. The number of nitrogens with zero attached hydrogens (tertiary/aromatic N) is 1. The van der Waals surface area contributed by atoms with Gasteiger partial charge in [-0.25, -0.2) is 0 Å². The first-order valence-electron chi connectivity index (χ1n) is 6.50. The molecule has 0 amide bonds. The molecule has 4 nitrogen and oxygen atoms in total. The Labute approximate surface area is 113 Å². The van der Waals surface area contributed by atoms with E-state index in [1.165, 1.54) is 25.7 Å². The quantitative estimate of drug-likeness (QED) is 0.806. The van der Waals surface area contributed by atoms with E-state index in [0.29, 0.717) is 17.0 Å². The number of thiocarbonyl (C=S) groups is 1. The van der Waals surface area contributed by atoms with Crippen LogP contribution in [0.3, 0.4) is 0 Å². The summed E-state index contributed by atoms with van der Waals surface area (Å²) in [5.41, 5.74) is -0.0343. The Bertz CT molecular complexity index is 416. The predicted octanol–water partition coefficient (Wildman–Crippen LogP) is 3.20. The van der Waals surface area contributed by atoms with Crippen molar-refractivity contribution < 1.29 is 4.52 Å². The van der Waals surface area contributed by atoms with Crippen LogP contribution in [-0.4, -0.2) is 16.3 Å². The fourth-order valence-corrected chi connectivity index (χ4v) is 2.37. The lowest BCUT2D eigenvalue weighted by Gasteiger charge is -2.14. The molecule has 1 aromatic rings. The van der Waals surface area contributed by atoms with Gasteiger partial charge in [-0.1, -0.05) is 38.8 Å². The van der Waals surface area contributed by atoms with E-state index in [-0.39, 0.29) is 5.41 Å². The van der Waals surface area contributed by atoms with E-state index in [4.69, 9.17) is 16.7 Å². The highest BCUT2D eigenvalue weighted by molar-refractivity contribution is 7.80. The van der Waals surface area contributed by atoms with E-state index in [1.54, 1.807) is 0 Å². The van der Waals surface area contributed by atoms with Crippen molar-refractivity contribution in [2.75, 3.05) is 5.32 Å². The molecule has 0 unspecified atom stereocenters. The van der Waals surface area contributed by atoms with Gasteiger partial charge in [-0.05, 0) is 25.1 Å². The van der Waals surface area contributed by atoms with Gasteiger partial charge in [-0.3, -0.25) is 0 Å². The zero-order chi connectivity index (χ0) is 13.2. The van der Waals surface area contributed by atoms with Gasteiger partial charge in [-0.2, -0.15) is 0 Å². The van der Waals surface area contributed by atoms with Crippen molar-refractivity contribution >= 4 is 23.1 Å². The van der Waals surface area contributed by atoms with Crippen LogP contribution in [0.25, 0.3) is 0 Å². The first kappa shape index (κ1) is 13.3. The summed E-state index contributed by atoms with van der Waals surface area (Å²) in [6.07, 6.45) is 4.98. The van der Waals surface area contributed by atoms with Crippen LogP contribution >= 0.6 is 12.2 Å². The molecule has 2 N–H and O–H groups in total. The molecule has 0 radical (unpaired) electrons. The Balaban J connectivity index is 1.88. The molecule has 18 heavy (non-hydrogen) atoms. The number of anilines is 1. The molecule has 0 saturated heterocycles. The molecule has 1 aliphatic rings. The maximum atomic E-state index is 5.30. The minimum absolute atomic E-state index is 0.0343. The number of hydrogen-bond donors (Lipinski definition) is 2. The van der Waals surface area contributed by atoms with Crippen LogP contribution in [-0.2, 0) is 5.41 Å². The third-order valence-corrected chi connectivity index (χ3v) is 3.40. The maximum Gasteiger partial charge on any atom is 0.175 e. The van der Waals surface area contributed by atoms with Gasteiger partial charge in [0.1, 0.15) is 5.76 Å². The molecule has 1 aliphatic carbocycles. The highest BCUT2D eigenvalue weighted by Crippen LogP contribution is 2.24. The summed E-state index contributed by atoms with van der Waals surface area (Å²) in [6.45, 7) is 6.27. The predicted molar refractivity (Wildman–Crippen MR) is 76.8 cm³/mol. The Morgan fingerprint density at radius 3 is 2.61 bits per heavy atom. The topological polar surface area (TPSA) is 50.1 Å². The van der Waals surface area contributed by atoms with Gasteiger partial charge in [0.25, 0.3) is 0 Å². The van der Waals surface area contributed by atoms with E-state index in [1.807, 2.05) is 6.07 Å². The first-order chi connectivity index (χ1) is 8.45. The number of nitrogens with one attached hydrogen (secondary N) is 2. The summed E-state index contributed by atoms with van der Waals surface area (Å²) < 4.78 is 5.30. The van der Waals surface area contributed by atoms with Crippen molar-refractivity contribution in [3.05, 3.63) is 11.8 Å². The molecular weight excluding hydrogens is 246 g/mol. The third-order valence-electron chi connectivity index (χ3n) is 3.18. The van der Waals surface area contributed by atoms with E-state index in [0.717, 1.165) is 5.76 Å². The summed E-state index contributed by atoms with van der Waals surface area (Å²) in [6, 6.07) is 2.42. The highest BCUT2D eigenvalue weighted by atomic mass is 32.1. The lowest BCUT2D eigenvalue weighted by molar-refractivity contribution is 0.331. The first-order valence-corrected chi connectivity index (χ1v) is 6.91. The van der Waals surface area contributed by atoms with Gasteiger partial charge in [0.2, 0.25) is 0 Å². The van der Waals surface area contributed by atoms with Crippen LogP contribution in [0.15, 0.2) is 10.6 Å². The summed E-state index contributed by atoms with van der Waals surface area (Å²) >= 11 is 5.27. The molecule has 0 spiro atoms. The van der Waals surface area contributed by atoms with Crippen molar-refractivity contribution in [2.45, 2.75) is 57.9 Å². The van der Waals surface area contributed by atoms with Gasteiger partial charge >= 0.3 is 0 Å². The highest BCUT2D eigenvalue weighted by Gasteiger charge is 2.20. The van der Waals surface area contributed by atoms with E-state index in [2.05, 4.69) is 36.6 Å². The zero-order valence-electron chi connectivity index (χ0n) is 11.2. The Morgan fingerprint density at radius 2 is 2.06 bits per heavy atom. The molecule has 0 bridgehead atoms. The second-order valence-electron chi connectivity index (χ2n) is 5.91. The molecule has 0 aliphatic heterocycles. The Hall–Kier alpha value is -1.10. The molecular formula is C13H21N3OS. The largest absolute Gasteiger partial charge is 0.360 e. The zero-order valence-corrected chi connectivity index (χ0v) is 12.1. The van der Waals surface area contributed by atoms with Crippen molar-refractivity contribution in [1.82, 2.24) is 10.5 Å². The molecule has 2 rings (SSSR count). The van der Waals surface area contributed by atoms with Crippen LogP contribution < -0.4 is 10.6 Å². The summed E-state index contributed by atoms with van der Waals surface area (Å²) in [5, 5.41) is 11.0. The summed E-state index contributed by atoms with van der Waals surface area (Å²) in [5.74, 6) is 1.53. The molecule has 1 aromatic heterocycles. The fourth-order valence-electron chi connectivity index (χ4n) is 2.10. The third kappa shape index (κ3) is 3.45. The van der Waals surface area contributed by atoms with Crippen molar-refractivity contribution in [3.8, 4) is 0 Å². The standard InChI is InChI=1S/C13H21N3OS/c1-13(2,3)10-8-11(16-17-10)15-12(18)14-9-6-4-5-7-9/h8-9H,4-7H2,1-3H3,(H2,14,15,16,18). The van der Waals surface area contributed by atoms with Gasteiger partial charge < -0.3 is 15.2 Å². The van der Waals surface area contributed by atoms with Crippen molar-refractivity contribution in [3.63, 3.8) is 0 Å². The molecule has 0 atom stereocenters. The van der Waals surface area contributed by atoms with Crippen LogP contribution in [0.2, 0.25) is 0 Å². The molecule has 5 heteroatoms. The molecule has 1 saturated carbocycles. The monoisotopic (exact) mass is 267 g/mol. The lowest BCUT2D eigenvalue weighted by atomic mass is 9.93. The van der Waals surface area contributed by atoms with Crippen LogP contribution in [0.5, 0.6) is 0 Å². The normalized spacial score (nSPS) is 16.8. The van der Waals surface area contributed by atoms with Gasteiger partial charge in [0.05, 0.1) is 0 Å². The van der Waals surface area contributed by atoms with E-state index >= 15 is 0 Å². The van der Waals surface area contributed by atoms with Crippen molar-refractivity contribution in [1.29, 1.82) is 0 Å². The minimum Gasteiger partial charge on any atom is -0.360 e. The molecule has 100 valence electrons. The number of hydrogen-bond acceptors (Lipinski definition) is 3. The Morgan fingerprint density at radius 1 is 1.39 bits per heavy atom. The number of aromatic nitrogens is 1. The average molecular weight is 267 g/mol. The second kappa shape index (κ2) is 5.26. The lowest BCUT2D eigenvalue weighted by Crippen LogP contribution is -2.35. The van der Waals surface area contributed by atoms with Gasteiger partial charge in [0, 0.05) is 17.5 Å². The van der Waals surface area contributed by atoms with Crippen LogP contribution in [0.1, 0.15) is 52.2 Å². The van der Waals surface area contributed by atoms with Crippen molar-refractivity contribution in [2.24, 2.45) is 0 Å². The second-order valence-corrected chi connectivity index (χ2v) is 6.31. The molecule has 1 heterocycles. The Kier molecular flexibility index (Phi) is 3.90. The maximum absolute atomic E-state index is 5.30. The van der Waals surface area contributed by atoms with E-state index in [9.17, 15) is 0 Å². The summed E-state index contributed by atoms with van der Waals surface area (Å²) in [4.78, 5) is 0. The average Bonchev–Trinajstić information content (AvgIpc) is 2.87. The minimum atomic E-state index is -0.0343. The fraction of sp³-hybridized carbons (Fsp3) is 0.692. The number of rotatable bonds is 2. The van der Waals surface area contributed by atoms with E-state index < -0.39 is 0 Å².